The third kappa shape index (κ3) is 1.85. The Hall–Kier alpha value is -1.39. The molecule has 0 aromatic rings. The Morgan fingerprint density at radius 1 is 1.54 bits per heavy atom. The molecule has 1 aliphatic heterocycles. The molecular formula is C8H12N2O3. The van der Waals surface area contributed by atoms with Crippen molar-refractivity contribution in [3.63, 3.8) is 0 Å². The van der Waals surface area contributed by atoms with E-state index in [1.54, 1.807) is 0 Å². The summed E-state index contributed by atoms with van der Waals surface area (Å²) in [6.07, 6.45) is 2.00. The third-order valence-corrected chi connectivity index (χ3v) is 1.94. The molecule has 72 valence electrons. The lowest BCUT2D eigenvalue weighted by molar-refractivity contribution is -0.129. The lowest BCUT2D eigenvalue weighted by atomic mass is 10.2. The molecule has 13 heavy (non-hydrogen) atoms. The van der Waals surface area contributed by atoms with Gasteiger partial charge in [0.15, 0.2) is 0 Å². The smallest absolute Gasteiger partial charge is 0.325 e. The predicted octanol–water partition coefficient (Wildman–Crippen LogP) is -0.0942. The summed E-state index contributed by atoms with van der Waals surface area (Å²) in [7, 11) is 0. The van der Waals surface area contributed by atoms with E-state index in [0.29, 0.717) is 12.7 Å². The van der Waals surface area contributed by atoms with E-state index in [9.17, 15) is 14.4 Å². The zero-order valence-corrected chi connectivity index (χ0v) is 7.45. The molecule has 0 bridgehead atoms. The lowest BCUT2D eigenvalue weighted by Gasteiger charge is -2.07. The van der Waals surface area contributed by atoms with Crippen LogP contribution in [0.3, 0.4) is 0 Å². The van der Waals surface area contributed by atoms with Crippen LogP contribution in [0.2, 0.25) is 0 Å². The molecule has 0 spiro atoms. The number of aldehydes is 1. The number of hydrogen-bond acceptors (Lipinski definition) is 3. The van der Waals surface area contributed by atoms with Crippen LogP contribution in [0.25, 0.3) is 0 Å². The van der Waals surface area contributed by atoms with Gasteiger partial charge in [0.05, 0.1) is 6.54 Å². The first-order valence-electron chi connectivity index (χ1n) is 4.26. The number of carbonyl (C=O) groups is 3. The van der Waals surface area contributed by atoms with E-state index >= 15 is 0 Å². The molecule has 0 saturated carbocycles. The summed E-state index contributed by atoms with van der Waals surface area (Å²) in [5.41, 5.74) is 0. The summed E-state index contributed by atoms with van der Waals surface area (Å²) in [5, 5.41) is 2.52. The van der Waals surface area contributed by atoms with Gasteiger partial charge in [0, 0.05) is 0 Å². The van der Waals surface area contributed by atoms with Crippen molar-refractivity contribution in [2.75, 3.05) is 6.54 Å². The number of amides is 3. The van der Waals surface area contributed by atoms with Crippen LogP contribution in [0.15, 0.2) is 0 Å². The Morgan fingerprint density at radius 2 is 2.23 bits per heavy atom. The van der Waals surface area contributed by atoms with Gasteiger partial charge in [-0.3, -0.25) is 9.69 Å². The number of rotatable bonds is 4. The van der Waals surface area contributed by atoms with Crippen LogP contribution in [0.1, 0.15) is 19.8 Å². The highest BCUT2D eigenvalue weighted by Crippen LogP contribution is 2.09. The van der Waals surface area contributed by atoms with Crippen molar-refractivity contribution in [3.8, 4) is 0 Å². The van der Waals surface area contributed by atoms with Gasteiger partial charge in [0.2, 0.25) is 0 Å². The fourth-order valence-electron chi connectivity index (χ4n) is 1.31. The van der Waals surface area contributed by atoms with E-state index in [2.05, 4.69) is 5.32 Å². The van der Waals surface area contributed by atoms with E-state index in [0.717, 1.165) is 11.3 Å². The van der Waals surface area contributed by atoms with Crippen molar-refractivity contribution in [2.24, 2.45) is 0 Å². The first-order chi connectivity index (χ1) is 6.20. The van der Waals surface area contributed by atoms with Crippen molar-refractivity contribution in [1.29, 1.82) is 0 Å². The second-order valence-electron chi connectivity index (χ2n) is 2.91. The predicted molar refractivity (Wildman–Crippen MR) is 45.0 cm³/mol. The summed E-state index contributed by atoms with van der Waals surface area (Å²) in [4.78, 5) is 33.6. The molecule has 3 amide bonds. The van der Waals surface area contributed by atoms with E-state index in [4.69, 9.17) is 0 Å². The molecule has 0 aliphatic carbocycles. The molecule has 0 aromatic heterocycles. The monoisotopic (exact) mass is 184 g/mol. The highest BCUT2D eigenvalue weighted by atomic mass is 16.2. The van der Waals surface area contributed by atoms with Crippen LogP contribution >= 0.6 is 0 Å². The molecule has 1 rings (SSSR count). The second kappa shape index (κ2) is 4.02. The number of nitrogens with one attached hydrogen (secondary N) is 1. The molecule has 1 saturated heterocycles. The van der Waals surface area contributed by atoms with Gasteiger partial charge in [-0.05, 0) is 6.42 Å². The van der Waals surface area contributed by atoms with Crippen LogP contribution in [0, 0.1) is 0 Å². The lowest BCUT2D eigenvalue weighted by Crippen LogP contribution is -2.32. The van der Waals surface area contributed by atoms with Gasteiger partial charge in [-0.2, -0.15) is 0 Å². The van der Waals surface area contributed by atoms with Crippen molar-refractivity contribution in [1.82, 2.24) is 10.2 Å². The van der Waals surface area contributed by atoms with Gasteiger partial charge in [0.1, 0.15) is 12.3 Å². The molecule has 0 radical (unpaired) electrons. The first-order valence-corrected chi connectivity index (χ1v) is 4.26. The number of hydrogen-bond donors (Lipinski definition) is 1. The number of imide groups is 1. The first kappa shape index (κ1) is 9.70. The number of nitrogens with zero attached hydrogens (tertiary/aromatic N) is 1. The molecule has 1 heterocycles. The van der Waals surface area contributed by atoms with E-state index in [1.807, 2.05) is 6.92 Å². The zero-order chi connectivity index (χ0) is 9.84. The third-order valence-electron chi connectivity index (χ3n) is 1.94. The Labute approximate surface area is 76.1 Å². The standard InChI is InChI=1S/C8H12N2O3/c1-2-3-6-7(12)10(4-5-11)8(13)9-6/h5-6H,2-4H2,1H3,(H,9,13). The average molecular weight is 184 g/mol. The maximum atomic E-state index is 11.4. The van der Waals surface area contributed by atoms with Gasteiger partial charge in [-0.15, -0.1) is 0 Å². The quantitative estimate of drug-likeness (QED) is 0.490. The summed E-state index contributed by atoms with van der Waals surface area (Å²) < 4.78 is 0. The van der Waals surface area contributed by atoms with Crippen LogP contribution in [0.5, 0.6) is 0 Å². The molecule has 5 nitrogen and oxygen atoms in total. The Kier molecular flexibility index (Phi) is 3.00. The van der Waals surface area contributed by atoms with E-state index < -0.39 is 12.1 Å². The van der Waals surface area contributed by atoms with Crippen LogP contribution in [-0.4, -0.2) is 35.7 Å². The Morgan fingerprint density at radius 3 is 2.77 bits per heavy atom. The van der Waals surface area contributed by atoms with Crippen molar-refractivity contribution in [2.45, 2.75) is 25.8 Å². The topological polar surface area (TPSA) is 66.5 Å². The van der Waals surface area contributed by atoms with Crippen LogP contribution < -0.4 is 5.32 Å². The van der Waals surface area contributed by atoms with Gasteiger partial charge in [-0.1, -0.05) is 13.3 Å². The van der Waals surface area contributed by atoms with Gasteiger partial charge in [0.25, 0.3) is 5.91 Å². The molecule has 0 aromatic carbocycles. The van der Waals surface area contributed by atoms with Gasteiger partial charge >= 0.3 is 6.03 Å². The molecule has 1 fully saturated rings. The second-order valence-corrected chi connectivity index (χ2v) is 2.91. The highest BCUT2D eigenvalue weighted by Gasteiger charge is 2.36. The normalized spacial score (nSPS) is 21.9. The van der Waals surface area contributed by atoms with Crippen LogP contribution in [-0.2, 0) is 9.59 Å². The highest BCUT2D eigenvalue weighted by molar-refractivity contribution is 6.05. The van der Waals surface area contributed by atoms with E-state index in [-0.39, 0.29) is 12.5 Å². The van der Waals surface area contributed by atoms with Gasteiger partial charge < -0.3 is 10.1 Å². The fourth-order valence-corrected chi connectivity index (χ4v) is 1.31. The molecule has 1 N–H and O–H groups in total. The van der Waals surface area contributed by atoms with Crippen molar-refractivity contribution in [3.05, 3.63) is 0 Å². The number of urea groups is 1. The minimum absolute atomic E-state index is 0.148. The minimum atomic E-state index is -0.462. The number of carbonyl (C=O) groups excluding carboxylic acids is 3. The average Bonchev–Trinajstić information content (AvgIpc) is 2.34. The van der Waals surface area contributed by atoms with Crippen molar-refractivity contribution < 1.29 is 14.4 Å². The van der Waals surface area contributed by atoms with Crippen LogP contribution in [0.4, 0.5) is 4.79 Å². The Bertz CT molecular complexity index is 240. The summed E-state index contributed by atoms with van der Waals surface area (Å²) >= 11 is 0. The molecule has 5 heteroatoms. The molecular weight excluding hydrogens is 172 g/mol. The largest absolute Gasteiger partial charge is 0.326 e. The van der Waals surface area contributed by atoms with Gasteiger partial charge in [-0.25, -0.2) is 4.79 Å². The Balaban J connectivity index is 2.63. The SMILES string of the molecule is CCCC1NC(=O)N(CC=O)C1=O. The molecule has 1 unspecified atom stereocenters. The maximum absolute atomic E-state index is 11.4. The molecule has 1 aliphatic rings. The summed E-state index contributed by atoms with van der Waals surface area (Å²) in [6, 6.07) is -0.895. The van der Waals surface area contributed by atoms with Crippen molar-refractivity contribution >= 4 is 18.2 Å². The fraction of sp³-hybridized carbons (Fsp3) is 0.625. The minimum Gasteiger partial charge on any atom is -0.326 e. The summed E-state index contributed by atoms with van der Waals surface area (Å²) in [6.45, 7) is 1.78. The maximum Gasteiger partial charge on any atom is 0.325 e. The van der Waals surface area contributed by atoms with E-state index in [1.165, 1.54) is 0 Å². The summed E-state index contributed by atoms with van der Waals surface area (Å²) in [5.74, 6) is -0.293. The zero-order valence-electron chi connectivity index (χ0n) is 7.45. The molecule has 1 atom stereocenters.